The van der Waals surface area contributed by atoms with Crippen molar-refractivity contribution in [3.8, 4) is 0 Å². The van der Waals surface area contributed by atoms with E-state index in [2.05, 4.69) is 0 Å². The molecule has 0 heterocycles. The molecular weight excluding hydrogens is 240 g/mol. The van der Waals surface area contributed by atoms with Crippen molar-refractivity contribution in [3.63, 3.8) is 0 Å². The third-order valence-corrected chi connectivity index (χ3v) is 3.10. The van der Waals surface area contributed by atoms with Gasteiger partial charge in [0.1, 0.15) is 18.3 Å². The van der Waals surface area contributed by atoms with E-state index >= 15 is 0 Å². The standard InChI is InChI=1S/C12H24O6/c1-4-9(15)12(5-2,18-6-3)11(17)10(16)8(14)7-13/h8,10-11,13-14,16-17H,4-7H2,1-3H3/t8?,10?,11?,12-/m0/s1. The van der Waals surface area contributed by atoms with Crippen LogP contribution in [0.5, 0.6) is 0 Å². The Balaban J connectivity index is 5.22. The normalized spacial score (nSPS) is 19.9. The molecule has 0 aliphatic heterocycles. The Labute approximate surface area is 107 Å². The first-order valence-electron chi connectivity index (χ1n) is 6.23. The molecule has 6 heteroatoms. The van der Waals surface area contributed by atoms with E-state index in [4.69, 9.17) is 9.84 Å². The van der Waals surface area contributed by atoms with Gasteiger partial charge in [-0.15, -0.1) is 0 Å². The molecule has 0 amide bonds. The van der Waals surface area contributed by atoms with Gasteiger partial charge in [0.25, 0.3) is 0 Å². The highest BCUT2D eigenvalue weighted by Gasteiger charge is 2.48. The van der Waals surface area contributed by atoms with Crippen LogP contribution in [0.2, 0.25) is 0 Å². The molecule has 4 N–H and O–H groups in total. The van der Waals surface area contributed by atoms with E-state index in [1.54, 1.807) is 20.8 Å². The average Bonchev–Trinajstić information content (AvgIpc) is 2.41. The molecule has 0 aromatic carbocycles. The van der Waals surface area contributed by atoms with Crippen molar-refractivity contribution in [1.29, 1.82) is 0 Å². The van der Waals surface area contributed by atoms with Crippen LogP contribution in [0.25, 0.3) is 0 Å². The second kappa shape index (κ2) is 7.81. The summed E-state index contributed by atoms with van der Waals surface area (Å²) in [5.41, 5.74) is -1.54. The lowest BCUT2D eigenvalue weighted by Gasteiger charge is -2.38. The number of aliphatic hydroxyl groups excluding tert-OH is 4. The lowest BCUT2D eigenvalue weighted by atomic mass is 9.83. The molecule has 0 aliphatic rings. The largest absolute Gasteiger partial charge is 0.394 e. The van der Waals surface area contributed by atoms with Gasteiger partial charge in [0.2, 0.25) is 0 Å². The molecule has 6 nitrogen and oxygen atoms in total. The maximum absolute atomic E-state index is 12.0. The van der Waals surface area contributed by atoms with Crippen LogP contribution in [0, 0.1) is 0 Å². The van der Waals surface area contributed by atoms with Gasteiger partial charge in [-0.1, -0.05) is 13.8 Å². The van der Waals surface area contributed by atoms with Crippen LogP contribution < -0.4 is 0 Å². The van der Waals surface area contributed by atoms with Crippen molar-refractivity contribution in [2.24, 2.45) is 0 Å². The lowest BCUT2D eigenvalue weighted by molar-refractivity contribution is -0.189. The van der Waals surface area contributed by atoms with Gasteiger partial charge in [-0.2, -0.15) is 0 Å². The molecular formula is C12H24O6. The maximum Gasteiger partial charge on any atom is 0.167 e. The van der Waals surface area contributed by atoms with Crippen LogP contribution in [0.15, 0.2) is 0 Å². The molecule has 0 saturated heterocycles. The topological polar surface area (TPSA) is 107 Å². The van der Waals surface area contributed by atoms with Crippen molar-refractivity contribution in [1.82, 2.24) is 0 Å². The van der Waals surface area contributed by atoms with Crippen LogP contribution in [0.4, 0.5) is 0 Å². The summed E-state index contributed by atoms with van der Waals surface area (Å²) in [7, 11) is 0. The van der Waals surface area contributed by atoms with Gasteiger partial charge in [0.15, 0.2) is 11.4 Å². The summed E-state index contributed by atoms with van der Waals surface area (Å²) in [6.45, 7) is 4.45. The zero-order chi connectivity index (χ0) is 14.3. The van der Waals surface area contributed by atoms with Crippen LogP contribution in [-0.4, -0.2) is 63.3 Å². The van der Waals surface area contributed by atoms with Crippen LogP contribution in [-0.2, 0) is 9.53 Å². The zero-order valence-corrected chi connectivity index (χ0v) is 11.2. The molecule has 0 fully saturated rings. The van der Waals surface area contributed by atoms with Gasteiger partial charge in [-0.25, -0.2) is 0 Å². The predicted molar refractivity (Wildman–Crippen MR) is 65.1 cm³/mol. The van der Waals surface area contributed by atoms with E-state index < -0.39 is 30.5 Å². The number of aliphatic hydroxyl groups is 4. The SMILES string of the molecule is CCO[C@@](CC)(C(=O)CC)C(O)C(O)C(O)CO. The molecule has 0 radical (unpaired) electrons. The third kappa shape index (κ3) is 3.49. The predicted octanol–water partition coefficient (Wildman–Crippen LogP) is -0.774. The quantitative estimate of drug-likeness (QED) is 0.435. The average molecular weight is 264 g/mol. The van der Waals surface area contributed by atoms with Gasteiger partial charge in [0, 0.05) is 13.0 Å². The van der Waals surface area contributed by atoms with Crippen molar-refractivity contribution in [2.45, 2.75) is 57.5 Å². The monoisotopic (exact) mass is 264 g/mol. The fourth-order valence-electron chi connectivity index (χ4n) is 1.99. The molecule has 4 atom stereocenters. The van der Waals surface area contributed by atoms with Crippen LogP contribution >= 0.6 is 0 Å². The Morgan fingerprint density at radius 1 is 1.22 bits per heavy atom. The second-order valence-electron chi connectivity index (χ2n) is 4.14. The van der Waals surface area contributed by atoms with Crippen molar-refractivity contribution >= 4 is 5.78 Å². The number of hydrogen-bond acceptors (Lipinski definition) is 6. The molecule has 108 valence electrons. The van der Waals surface area contributed by atoms with Crippen molar-refractivity contribution < 1.29 is 30.0 Å². The van der Waals surface area contributed by atoms with E-state index in [1.165, 1.54) is 0 Å². The molecule has 3 unspecified atom stereocenters. The van der Waals surface area contributed by atoms with E-state index in [1.807, 2.05) is 0 Å². The van der Waals surface area contributed by atoms with Gasteiger partial charge in [-0.3, -0.25) is 4.79 Å². The van der Waals surface area contributed by atoms with E-state index in [0.29, 0.717) is 0 Å². The first kappa shape index (κ1) is 17.5. The summed E-state index contributed by atoms with van der Waals surface area (Å²) in [6.07, 6.45) is -4.43. The van der Waals surface area contributed by atoms with E-state index in [-0.39, 0.29) is 25.2 Å². The number of ketones is 1. The summed E-state index contributed by atoms with van der Waals surface area (Å²) in [5, 5.41) is 37.9. The Bertz CT molecular complexity index is 257. The number of hydrogen-bond donors (Lipinski definition) is 4. The minimum absolute atomic E-state index is 0.146. The summed E-state index contributed by atoms with van der Waals surface area (Å²) >= 11 is 0. The fraction of sp³-hybridized carbons (Fsp3) is 0.917. The summed E-state index contributed by atoms with van der Waals surface area (Å²) < 4.78 is 5.36. The number of ether oxygens (including phenoxy) is 1. The first-order valence-corrected chi connectivity index (χ1v) is 6.23. The summed E-state index contributed by atoms with van der Waals surface area (Å²) in [4.78, 5) is 12.0. The van der Waals surface area contributed by atoms with Gasteiger partial charge < -0.3 is 25.2 Å². The number of rotatable bonds is 9. The smallest absolute Gasteiger partial charge is 0.167 e. The number of carbonyl (C=O) groups excluding carboxylic acids is 1. The van der Waals surface area contributed by atoms with Crippen molar-refractivity contribution in [3.05, 3.63) is 0 Å². The summed E-state index contributed by atoms with van der Waals surface area (Å²) in [6, 6.07) is 0. The van der Waals surface area contributed by atoms with Gasteiger partial charge in [0.05, 0.1) is 6.61 Å². The first-order chi connectivity index (χ1) is 8.41. The minimum Gasteiger partial charge on any atom is -0.394 e. The molecule has 0 aromatic heterocycles. The third-order valence-electron chi connectivity index (χ3n) is 3.10. The zero-order valence-electron chi connectivity index (χ0n) is 11.2. The minimum atomic E-state index is -1.64. The van der Waals surface area contributed by atoms with E-state index in [0.717, 1.165) is 0 Å². The molecule has 0 spiro atoms. The van der Waals surface area contributed by atoms with E-state index in [9.17, 15) is 20.1 Å². The molecule has 0 aromatic rings. The molecule has 18 heavy (non-hydrogen) atoms. The van der Waals surface area contributed by atoms with Crippen LogP contribution in [0.1, 0.15) is 33.6 Å². The Hall–Kier alpha value is -0.530. The summed E-state index contributed by atoms with van der Waals surface area (Å²) in [5.74, 6) is -0.344. The lowest BCUT2D eigenvalue weighted by Crippen LogP contribution is -2.59. The maximum atomic E-state index is 12.0. The highest BCUT2D eigenvalue weighted by molar-refractivity contribution is 5.87. The van der Waals surface area contributed by atoms with Gasteiger partial charge in [-0.05, 0) is 13.3 Å². The Morgan fingerprint density at radius 3 is 2.11 bits per heavy atom. The highest BCUT2D eigenvalue weighted by Crippen LogP contribution is 2.27. The fourth-order valence-corrected chi connectivity index (χ4v) is 1.99. The molecule has 0 aliphatic carbocycles. The molecule has 0 saturated carbocycles. The molecule has 0 rings (SSSR count). The van der Waals surface area contributed by atoms with Crippen LogP contribution in [0.3, 0.4) is 0 Å². The van der Waals surface area contributed by atoms with Gasteiger partial charge >= 0.3 is 0 Å². The second-order valence-corrected chi connectivity index (χ2v) is 4.14. The highest BCUT2D eigenvalue weighted by atomic mass is 16.5. The van der Waals surface area contributed by atoms with Crippen molar-refractivity contribution in [2.75, 3.05) is 13.2 Å². The Morgan fingerprint density at radius 2 is 1.78 bits per heavy atom. The number of carbonyl (C=O) groups is 1. The Kier molecular flexibility index (Phi) is 7.58. The number of Topliss-reactive ketones (excluding diaryl/α,β-unsaturated/α-hetero) is 1. The molecule has 0 bridgehead atoms.